The van der Waals surface area contributed by atoms with Crippen LogP contribution < -0.4 is 4.90 Å². The van der Waals surface area contributed by atoms with Crippen LogP contribution in [0.3, 0.4) is 0 Å². The molecule has 0 N–H and O–H groups in total. The van der Waals surface area contributed by atoms with E-state index in [1.54, 1.807) is 0 Å². The highest BCUT2D eigenvalue weighted by atomic mass is 16.3. The van der Waals surface area contributed by atoms with E-state index in [9.17, 15) is 0 Å². The lowest BCUT2D eigenvalue weighted by Gasteiger charge is -2.27. The zero-order valence-electron chi connectivity index (χ0n) is 36.6. The summed E-state index contributed by atoms with van der Waals surface area (Å²) in [4.78, 5) is 2.39. The SMILES string of the molecule is c1ccc(-c2ccc(N(c3cccc(-c4ccccc4)c3)c3cccc(-c4ccc5c(ccc6oc7ccccc7c65)c4-c4ccc5c6ccccc6n(-c6ccccc6)c5c4)c3)cc2)cc1. The van der Waals surface area contributed by atoms with Gasteiger partial charge in [0.1, 0.15) is 11.2 Å². The van der Waals surface area contributed by atoms with E-state index in [0.717, 1.165) is 61.4 Å². The number of aromatic nitrogens is 1. The molecule has 0 aliphatic heterocycles. The molecule has 0 amide bonds. The monoisotopic (exact) mass is 854 g/mol. The second-order valence-corrected chi connectivity index (χ2v) is 17.3. The lowest BCUT2D eigenvalue weighted by molar-refractivity contribution is 0.669. The maximum atomic E-state index is 6.46. The Kier molecular flexibility index (Phi) is 9.17. The van der Waals surface area contributed by atoms with E-state index in [4.69, 9.17) is 4.42 Å². The molecule has 0 fully saturated rings. The fourth-order valence-electron chi connectivity index (χ4n) is 10.3. The van der Waals surface area contributed by atoms with Crippen molar-refractivity contribution in [1.82, 2.24) is 4.57 Å². The Morgan fingerprint density at radius 3 is 1.61 bits per heavy atom. The van der Waals surface area contributed by atoms with Crippen LogP contribution in [0.1, 0.15) is 0 Å². The molecule has 0 saturated heterocycles. The van der Waals surface area contributed by atoms with Gasteiger partial charge < -0.3 is 13.9 Å². The molecule has 0 saturated carbocycles. The van der Waals surface area contributed by atoms with Crippen LogP contribution in [0.25, 0.3) is 105 Å². The van der Waals surface area contributed by atoms with Gasteiger partial charge in [-0.1, -0.05) is 176 Å². The molecular weight excluding hydrogens is 813 g/mol. The summed E-state index contributed by atoms with van der Waals surface area (Å²) in [5.41, 5.74) is 17.8. The van der Waals surface area contributed by atoms with E-state index < -0.39 is 0 Å². The van der Waals surface area contributed by atoms with Crippen molar-refractivity contribution in [2.45, 2.75) is 0 Å². The number of anilines is 3. The Hall–Kier alpha value is -8.92. The first-order chi connectivity index (χ1) is 33.2. The normalized spacial score (nSPS) is 11.6. The number of hydrogen-bond acceptors (Lipinski definition) is 2. The largest absolute Gasteiger partial charge is 0.456 e. The molecule has 67 heavy (non-hydrogen) atoms. The second-order valence-electron chi connectivity index (χ2n) is 17.3. The van der Waals surface area contributed by atoms with Gasteiger partial charge in [-0.3, -0.25) is 0 Å². The summed E-state index contributed by atoms with van der Waals surface area (Å²) in [6.45, 7) is 0. The molecule has 11 aromatic carbocycles. The van der Waals surface area contributed by atoms with Gasteiger partial charge in [-0.25, -0.2) is 0 Å². The number of benzene rings is 11. The summed E-state index contributed by atoms with van der Waals surface area (Å²) < 4.78 is 8.87. The van der Waals surface area contributed by atoms with E-state index in [0.29, 0.717) is 0 Å². The van der Waals surface area contributed by atoms with Crippen LogP contribution in [-0.4, -0.2) is 4.57 Å². The van der Waals surface area contributed by atoms with Crippen molar-refractivity contribution in [3.63, 3.8) is 0 Å². The first-order valence-electron chi connectivity index (χ1n) is 22.9. The highest BCUT2D eigenvalue weighted by Gasteiger charge is 2.21. The van der Waals surface area contributed by atoms with Crippen LogP contribution in [0.4, 0.5) is 17.1 Å². The van der Waals surface area contributed by atoms with Crippen molar-refractivity contribution in [3.8, 4) is 50.2 Å². The molecule has 0 aliphatic carbocycles. The number of rotatable bonds is 8. The molecule has 0 atom stereocenters. The summed E-state index contributed by atoms with van der Waals surface area (Å²) in [6.07, 6.45) is 0. The van der Waals surface area contributed by atoms with Gasteiger partial charge >= 0.3 is 0 Å². The van der Waals surface area contributed by atoms with Crippen LogP contribution in [0.15, 0.2) is 259 Å². The molecule has 3 heteroatoms. The van der Waals surface area contributed by atoms with Gasteiger partial charge in [0.15, 0.2) is 0 Å². The van der Waals surface area contributed by atoms with Gasteiger partial charge in [-0.15, -0.1) is 0 Å². The van der Waals surface area contributed by atoms with Gasteiger partial charge in [0.05, 0.1) is 11.0 Å². The summed E-state index contributed by atoms with van der Waals surface area (Å²) in [5.74, 6) is 0. The van der Waals surface area contributed by atoms with Crippen molar-refractivity contribution in [3.05, 3.63) is 255 Å². The van der Waals surface area contributed by atoms with Crippen LogP contribution in [-0.2, 0) is 0 Å². The van der Waals surface area contributed by atoms with Crippen molar-refractivity contribution < 1.29 is 4.42 Å². The van der Waals surface area contributed by atoms with E-state index in [1.807, 2.05) is 6.07 Å². The van der Waals surface area contributed by atoms with Crippen LogP contribution >= 0.6 is 0 Å². The Balaban J connectivity index is 1.04. The van der Waals surface area contributed by atoms with Crippen molar-refractivity contribution in [2.75, 3.05) is 4.90 Å². The zero-order chi connectivity index (χ0) is 44.3. The van der Waals surface area contributed by atoms with Crippen LogP contribution in [0.5, 0.6) is 0 Å². The minimum Gasteiger partial charge on any atom is -0.456 e. The molecule has 0 radical (unpaired) electrons. The number of para-hydroxylation sites is 3. The third-order valence-corrected chi connectivity index (χ3v) is 13.4. The average Bonchev–Trinajstić information content (AvgIpc) is 3.95. The van der Waals surface area contributed by atoms with E-state index >= 15 is 0 Å². The minimum atomic E-state index is 0.890. The summed E-state index contributed by atoms with van der Waals surface area (Å²) >= 11 is 0. The topological polar surface area (TPSA) is 21.3 Å². The Bertz CT molecular complexity index is 3960. The van der Waals surface area contributed by atoms with Gasteiger partial charge in [0.2, 0.25) is 0 Å². The van der Waals surface area contributed by atoms with Gasteiger partial charge in [0.25, 0.3) is 0 Å². The van der Waals surface area contributed by atoms with E-state index in [2.05, 4.69) is 258 Å². The zero-order valence-corrected chi connectivity index (χ0v) is 36.6. The Morgan fingerprint density at radius 2 is 0.851 bits per heavy atom. The summed E-state index contributed by atoms with van der Waals surface area (Å²) in [5, 5.41) is 7.06. The van der Waals surface area contributed by atoms with Crippen molar-refractivity contribution >= 4 is 71.6 Å². The number of fused-ring (bicyclic) bond motifs is 8. The lowest BCUT2D eigenvalue weighted by Crippen LogP contribution is -2.10. The first-order valence-corrected chi connectivity index (χ1v) is 22.9. The maximum absolute atomic E-state index is 6.46. The van der Waals surface area contributed by atoms with Crippen molar-refractivity contribution in [1.29, 1.82) is 0 Å². The molecule has 13 aromatic rings. The van der Waals surface area contributed by atoms with Gasteiger partial charge in [0, 0.05) is 44.3 Å². The van der Waals surface area contributed by atoms with Gasteiger partial charge in [-0.2, -0.15) is 0 Å². The molecular formula is C64H42N2O. The molecule has 13 rings (SSSR count). The number of furan rings is 1. The second kappa shape index (κ2) is 16.0. The van der Waals surface area contributed by atoms with Gasteiger partial charge in [-0.05, 0) is 134 Å². The molecule has 0 bridgehead atoms. The molecule has 2 heterocycles. The van der Waals surface area contributed by atoms with E-state index in [1.165, 1.54) is 60.4 Å². The molecule has 2 aromatic heterocycles. The molecule has 0 spiro atoms. The lowest BCUT2D eigenvalue weighted by atomic mass is 9.88. The van der Waals surface area contributed by atoms with Crippen LogP contribution in [0.2, 0.25) is 0 Å². The highest BCUT2D eigenvalue weighted by Crippen LogP contribution is 2.46. The van der Waals surface area contributed by atoms with Crippen LogP contribution in [0, 0.1) is 0 Å². The number of hydrogen-bond donors (Lipinski definition) is 0. The third kappa shape index (κ3) is 6.59. The highest BCUT2D eigenvalue weighted by molar-refractivity contribution is 6.23. The third-order valence-electron chi connectivity index (χ3n) is 13.4. The summed E-state index contributed by atoms with van der Waals surface area (Å²) in [6, 6.07) is 92.0. The smallest absolute Gasteiger partial charge is 0.136 e. The van der Waals surface area contributed by atoms with E-state index in [-0.39, 0.29) is 0 Å². The fraction of sp³-hybridized carbons (Fsp3) is 0. The fourth-order valence-corrected chi connectivity index (χ4v) is 10.3. The first kappa shape index (κ1) is 38.5. The molecule has 314 valence electrons. The average molecular weight is 855 g/mol. The summed E-state index contributed by atoms with van der Waals surface area (Å²) in [7, 11) is 0. The molecule has 3 nitrogen and oxygen atoms in total. The number of nitrogens with zero attached hydrogens (tertiary/aromatic N) is 2. The Labute approximate surface area is 388 Å². The standard InChI is InChI=1S/C64H42N2O/c1-4-16-43(17-5-1)45-30-33-50(34-31-45)65(51-24-14-20-46(40-51)44-18-6-2-7-19-44)52-25-15-21-47(41-52)53-36-37-57-56(38-39-62-64(57)58-27-11-13-29-61(58)67-62)63(53)48-32-35-55-54-26-10-12-28-59(54)66(60(55)42-48)49-22-8-3-9-23-49/h1-42H. The molecule has 0 unspecified atom stereocenters. The molecule has 0 aliphatic rings. The Morgan fingerprint density at radius 1 is 0.299 bits per heavy atom. The quantitative estimate of drug-likeness (QED) is 0.152. The van der Waals surface area contributed by atoms with Crippen molar-refractivity contribution in [2.24, 2.45) is 0 Å². The maximum Gasteiger partial charge on any atom is 0.136 e. The predicted molar refractivity (Wildman–Crippen MR) is 282 cm³/mol. The predicted octanol–water partition coefficient (Wildman–Crippen LogP) is 18.0. The minimum absolute atomic E-state index is 0.890.